The molecule has 5 aromatic heterocycles. The number of aliphatic hydroxyl groups is 6. The third kappa shape index (κ3) is 46.3. The van der Waals surface area contributed by atoms with Gasteiger partial charge < -0.3 is 56.0 Å². The van der Waals surface area contributed by atoms with Crippen molar-refractivity contribution in [1.82, 2.24) is 79.1 Å². The van der Waals surface area contributed by atoms with E-state index >= 15 is 0 Å². The maximum Gasteiger partial charge on any atom is 0.248 e. The fourth-order valence-electron chi connectivity index (χ4n) is 11.6. The number of aliphatic hydroxyl groups excluding tert-OH is 5. The van der Waals surface area contributed by atoms with Crippen molar-refractivity contribution in [1.29, 1.82) is 0 Å². The third-order valence-electron chi connectivity index (χ3n) is 19.8. The van der Waals surface area contributed by atoms with Gasteiger partial charge in [0, 0.05) is 106 Å². The highest BCUT2D eigenvalue weighted by molar-refractivity contribution is 6.30. The summed E-state index contributed by atoms with van der Waals surface area (Å²) in [6.07, 6.45) is 27.7. The zero-order chi connectivity index (χ0) is 85.7. The minimum Gasteiger partial charge on any atom is -0.394 e. The molecule has 8 N–H and O–H groups in total. The number of likely N-dealkylation sites (tertiary alicyclic amines) is 1. The van der Waals surface area contributed by atoms with Crippen molar-refractivity contribution in [3.63, 3.8) is 0 Å². The van der Waals surface area contributed by atoms with E-state index in [9.17, 15) is 24.6 Å². The molecule has 2 saturated heterocycles. The van der Waals surface area contributed by atoms with Crippen LogP contribution in [-0.4, -0.2) is 240 Å². The molecule has 26 heteroatoms. The van der Waals surface area contributed by atoms with Crippen LogP contribution >= 0.6 is 11.6 Å². The molecule has 113 heavy (non-hydrogen) atoms. The Morgan fingerprint density at radius 2 is 1.00 bits per heavy atom. The number of Topliss-reactive ketones (excluding diaryl/α,β-unsaturated/α-hetero) is 1. The van der Waals surface area contributed by atoms with Crippen molar-refractivity contribution < 1.29 is 45.0 Å². The Labute approximate surface area is 687 Å². The molecule has 1 saturated carbocycles. The van der Waals surface area contributed by atoms with Crippen LogP contribution in [0.5, 0.6) is 0 Å². The lowest BCUT2D eigenvalue weighted by Gasteiger charge is -2.36. The van der Waals surface area contributed by atoms with E-state index in [0.717, 1.165) is 87.4 Å². The Bertz CT molecular complexity index is 3360. The molecule has 1 aliphatic carbocycles. The number of nitrogens with one attached hydrogen (secondary N) is 2. The first kappa shape index (κ1) is 105. The van der Waals surface area contributed by atoms with Crippen LogP contribution < -0.4 is 10.6 Å². The number of piperidine rings is 1. The van der Waals surface area contributed by atoms with Gasteiger partial charge in [0.15, 0.2) is 0 Å². The summed E-state index contributed by atoms with van der Waals surface area (Å²) in [5.41, 5.74) is 6.26. The molecule has 9 rings (SSSR count). The number of likely N-dealkylation sites (N-methyl/N-ethyl adjacent to an activating group) is 1. The van der Waals surface area contributed by atoms with Crippen LogP contribution in [0, 0.1) is 17.8 Å². The lowest BCUT2D eigenvalue weighted by atomic mass is 9.83. The molecule has 2 aliphatic heterocycles. The van der Waals surface area contributed by atoms with E-state index in [0.29, 0.717) is 79.6 Å². The molecule has 0 spiro atoms. The Morgan fingerprint density at radius 1 is 0.566 bits per heavy atom. The maximum atomic E-state index is 11.4. The van der Waals surface area contributed by atoms with E-state index in [1.165, 1.54) is 66.7 Å². The van der Waals surface area contributed by atoms with E-state index in [1.54, 1.807) is 50.7 Å². The van der Waals surface area contributed by atoms with Crippen molar-refractivity contribution in [3.05, 3.63) is 125 Å². The van der Waals surface area contributed by atoms with Crippen molar-refractivity contribution in [2.24, 2.45) is 17.8 Å². The van der Waals surface area contributed by atoms with Crippen LogP contribution in [0.4, 0.5) is 0 Å². The van der Waals surface area contributed by atoms with Gasteiger partial charge in [0.05, 0.1) is 87.7 Å². The Hall–Kier alpha value is -6.23. The highest BCUT2D eigenvalue weighted by atomic mass is 35.5. The summed E-state index contributed by atoms with van der Waals surface area (Å²) >= 11 is 5.83. The monoisotopic (exact) mass is 1610 g/mol. The first-order valence-corrected chi connectivity index (χ1v) is 42.0. The topological polar surface area (TPSA) is 299 Å². The SMILES string of the molecule is CC(C)C(=O)CC1CCC(O)CC1.CC(C)N1CCC(CCN(C)C)CC1.CC(C)N1CCN(C(=O)CO)CC1.CC(C)NCc1cccc(Cl)c1.CC(C)c1cnn(C(C)(C)CO)c1.CC(C)c1cnn(CC(C)(C)O)c1.CC(C)c1cnn(CCO)c1.CC(C)c1cnn(CCO)c1.CNC(=O)Cn1cc(C(C)C)cn1. The fourth-order valence-corrected chi connectivity index (χ4v) is 11.8. The molecular formula is C87H157ClN16O9. The van der Waals surface area contributed by atoms with Crippen LogP contribution in [-0.2, 0) is 52.6 Å². The van der Waals surface area contributed by atoms with Crippen molar-refractivity contribution in [3.8, 4) is 0 Å². The number of benzene rings is 1. The molecular weight excluding hydrogens is 1450 g/mol. The number of hydrogen-bond donors (Lipinski definition) is 8. The maximum absolute atomic E-state index is 11.4. The summed E-state index contributed by atoms with van der Waals surface area (Å²) in [6, 6.07) is 9.72. The molecule has 6 aromatic rings. The molecule has 0 unspecified atom stereocenters. The van der Waals surface area contributed by atoms with E-state index in [4.69, 9.17) is 32.0 Å². The van der Waals surface area contributed by atoms with Gasteiger partial charge in [-0.15, -0.1) is 0 Å². The molecule has 3 aliphatic rings. The number of carbonyl (C=O) groups excluding carboxylic acids is 3. The quantitative estimate of drug-likeness (QED) is 0.0238. The van der Waals surface area contributed by atoms with Gasteiger partial charge in [0.1, 0.15) is 18.9 Å². The Kier molecular flexibility index (Phi) is 52.1. The number of piperazine rings is 1. The summed E-state index contributed by atoms with van der Waals surface area (Å²) in [5, 5.41) is 81.2. The van der Waals surface area contributed by atoms with Gasteiger partial charge in [-0.1, -0.05) is 121 Å². The van der Waals surface area contributed by atoms with Crippen LogP contribution in [0.2, 0.25) is 5.02 Å². The molecule has 1 aromatic carbocycles. The Morgan fingerprint density at radius 3 is 1.38 bits per heavy atom. The second kappa shape index (κ2) is 56.2. The van der Waals surface area contributed by atoms with Crippen LogP contribution in [0.1, 0.15) is 267 Å². The fraction of sp³-hybridized carbons (Fsp3) is 0.724. The predicted molar refractivity (Wildman–Crippen MR) is 461 cm³/mol. The first-order chi connectivity index (χ1) is 53.0. The summed E-state index contributed by atoms with van der Waals surface area (Å²) in [5.74, 6) is 4.36. The molecule has 2 amide bonds. The van der Waals surface area contributed by atoms with Crippen LogP contribution in [0.25, 0.3) is 0 Å². The standard InChI is InChI=1S/C12H26N2.C11H20O2.C10H14ClN.2C10H18N2O.C9H15N3O.C9H18N2O2.2C8H14N2O/c1-11(2)14-9-6-12(7-10-14)5-8-13(3)4;1-8(2)11(13)7-9-3-5-10(12)6-4-9;1-8(2)12-7-9-4-3-5-10(11)6-9;1-8(2)9-5-11-12(6-9)10(3,4)7-13;1-8(2)9-5-11-12(6-9)7-10(3,4)13;1-7(2)8-4-11-12(5-8)6-9(13)10-3;1-8(2)10-3-5-11(6-4-10)9(13)7-12;2*1-7(2)8-5-9-10(6-8)3-4-11/h11-12H,5-10H2,1-4H3;8-10,12H,3-7H2,1-2H3;3-6,8,12H,7H2,1-2H3;2*5-6,8,13H,7H2,1-4H3;4-5,7H,6H2,1-3H3,(H,10,13);8,12H,3-7H2,1-2H3;2*5-7,11H,3-4H2,1-2H3. The number of amides is 2. The van der Waals surface area contributed by atoms with Gasteiger partial charge in [-0.2, -0.15) is 25.5 Å². The summed E-state index contributed by atoms with van der Waals surface area (Å²) in [4.78, 5) is 42.5. The Balaban J connectivity index is 0.000000636. The molecule has 7 heterocycles. The largest absolute Gasteiger partial charge is 0.394 e. The second-order valence-corrected chi connectivity index (χ2v) is 34.8. The highest BCUT2D eigenvalue weighted by Gasteiger charge is 2.25. The number of halogens is 1. The smallest absolute Gasteiger partial charge is 0.248 e. The van der Waals surface area contributed by atoms with Gasteiger partial charge in [-0.05, 0) is 221 Å². The predicted octanol–water partition coefficient (Wildman–Crippen LogP) is 12.8. The van der Waals surface area contributed by atoms with Crippen LogP contribution in [0.15, 0.2) is 86.2 Å². The number of hydrogen-bond acceptors (Lipinski definition) is 18. The molecule has 0 atom stereocenters. The van der Waals surface area contributed by atoms with Crippen molar-refractivity contribution in [2.75, 3.05) is 93.4 Å². The minimum absolute atomic E-state index is 0.0293. The molecule has 646 valence electrons. The average molecular weight is 1610 g/mol. The number of ketones is 1. The molecule has 3 fully saturated rings. The van der Waals surface area contributed by atoms with E-state index in [2.05, 4.69) is 182 Å². The van der Waals surface area contributed by atoms with Gasteiger partial charge in [0.25, 0.3) is 0 Å². The number of rotatable bonds is 27. The summed E-state index contributed by atoms with van der Waals surface area (Å²) in [7, 11) is 5.96. The normalized spacial score (nSPS) is 15.5. The molecule has 0 radical (unpaired) electrons. The minimum atomic E-state index is -0.694. The average Bonchev–Trinajstić information content (AvgIpc) is 1.70. The van der Waals surface area contributed by atoms with E-state index in [-0.39, 0.29) is 55.8 Å². The second-order valence-electron chi connectivity index (χ2n) is 34.4. The van der Waals surface area contributed by atoms with Crippen LogP contribution in [0.3, 0.4) is 0 Å². The van der Waals surface area contributed by atoms with Gasteiger partial charge in [-0.3, -0.25) is 42.7 Å². The third-order valence-corrected chi connectivity index (χ3v) is 20.0. The summed E-state index contributed by atoms with van der Waals surface area (Å²) < 4.78 is 8.77. The number of aromatic nitrogens is 10. The number of carbonyl (C=O) groups is 3. The zero-order valence-electron chi connectivity index (χ0n) is 74.5. The van der Waals surface area contributed by atoms with Gasteiger partial charge in [0.2, 0.25) is 11.8 Å². The van der Waals surface area contributed by atoms with Gasteiger partial charge >= 0.3 is 0 Å². The molecule has 25 nitrogen and oxygen atoms in total. The highest BCUT2D eigenvalue weighted by Crippen LogP contribution is 2.28. The lowest BCUT2D eigenvalue weighted by molar-refractivity contribution is -0.136. The number of nitrogens with zero attached hydrogens (tertiary/aromatic N) is 14. The molecule has 0 bridgehead atoms. The van der Waals surface area contributed by atoms with Crippen molar-refractivity contribution in [2.45, 2.75) is 301 Å². The van der Waals surface area contributed by atoms with E-state index in [1.807, 2.05) is 106 Å². The van der Waals surface area contributed by atoms with E-state index < -0.39 is 5.60 Å². The van der Waals surface area contributed by atoms with Gasteiger partial charge in [-0.25, -0.2) is 0 Å². The summed E-state index contributed by atoms with van der Waals surface area (Å²) in [6.45, 7) is 56.0. The first-order valence-electron chi connectivity index (χ1n) is 41.6. The zero-order valence-corrected chi connectivity index (χ0v) is 75.3. The van der Waals surface area contributed by atoms with Crippen molar-refractivity contribution >= 4 is 29.2 Å². The lowest BCUT2D eigenvalue weighted by Crippen LogP contribution is -2.51.